The smallest absolute Gasteiger partial charge is 0.333 e. The quantitative estimate of drug-likeness (QED) is 0.627. The summed E-state index contributed by atoms with van der Waals surface area (Å²) in [6.07, 6.45) is 7.46. The summed E-state index contributed by atoms with van der Waals surface area (Å²) in [5, 5.41) is 16.8. The summed E-state index contributed by atoms with van der Waals surface area (Å²) in [5.74, 6) is 6.23. The van der Waals surface area contributed by atoms with Crippen molar-refractivity contribution in [2.45, 2.75) is 38.3 Å². The summed E-state index contributed by atoms with van der Waals surface area (Å²) in [7, 11) is 0. The van der Waals surface area contributed by atoms with E-state index >= 15 is 0 Å². The molecule has 0 spiro atoms. The average molecular weight is 381 g/mol. The van der Waals surface area contributed by atoms with Gasteiger partial charge in [0, 0.05) is 18.9 Å². The highest BCUT2D eigenvalue weighted by Gasteiger charge is 2.19. The maximum atomic E-state index is 12.6. The van der Waals surface area contributed by atoms with Crippen LogP contribution in [-0.2, 0) is 0 Å². The van der Waals surface area contributed by atoms with Gasteiger partial charge in [-0.25, -0.2) is 9.67 Å². The number of alkyl halides is 2. The van der Waals surface area contributed by atoms with Crippen LogP contribution in [0.15, 0.2) is 24.7 Å². The van der Waals surface area contributed by atoms with Crippen molar-refractivity contribution in [3.63, 3.8) is 0 Å². The second kappa shape index (κ2) is 8.47. The third-order valence-electron chi connectivity index (χ3n) is 4.41. The first-order chi connectivity index (χ1) is 12.5. The Morgan fingerprint density at radius 1 is 1.27 bits per heavy atom. The van der Waals surface area contributed by atoms with E-state index in [4.69, 9.17) is 11.6 Å². The molecule has 0 atom stereocenters. The van der Waals surface area contributed by atoms with Gasteiger partial charge in [0.1, 0.15) is 5.15 Å². The van der Waals surface area contributed by atoms with Gasteiger partial charge in [0.15, 0.2) is 0 Å². The predicted octanol–water partition coefficient (Wildman–Crippen LogP) is 3.69. The predicted molar refractivity (Wildman–Crippen MR) is 95.2 cm³/mol. The van der Waals surface area contributed by atoms with Gasteiger partial charge < -0.3 is 10.4 Å². The van der Waals surface area contributed by atoms with Crippen LogP contribution in [0.5, 0.6) is 0 Å². The molecule has 2 N–H and O–H groups in total. The number of anilines is 1. The lowest BCUT2D eigenvalue weighted by Crippen LogP contribution is -2.23. The zero-order valence-electron chi connectivity index (χ0n) is 14.0. The first-order valence-electron chi connectivity index (χ1n) is 8.43. The van der Waals surface area contributed by atoms with Gasteiger partial charge in [-0.3, -0.25) is 0 Å². The second-order valence-corrected chi connectivity index (χ2v) is 6.73. The first-order valence-corrected chi connectivity index (χ1v) is 8.81. The molecule has 5 nitrogen and oxygen atoms in total. The Morgan fingerprint density at radius 2 is 2.04 bits per heavy atom. The normalized spacial score (nSPS) is 19.9. The van der Waals surface area contributed by atoms with Gasteiger partial charge in [-0.1, -0.05) is 23.4 Å². The topological polar surface area (TPSA) is 63.0 Å². The van der Waals surface area contributed by atoms with Crippen LogP contribution in [0.4, 0.5) is 14.5 Å². The molecule has 1 fully saturated rings. The molecule has 1 aliphatic rings. The molecule has 0 aliphatic heterocycles. The number of aromatic nitrogens is 3. The van der Waals surface area contributed by atoms with Gasteiger partial charge in [0.05, 0.1) is 29.1 Å². The maximum absolute atomic E-state index is 12.6. The Morgan fingerprint density at radius 3 is 2.73 bits per heavy atom. The number of nitrogens with one attached hydrogen (secondary N) is 1. The van der Waals surface area contributed by atoms with E-state index in [1.54, 1.807) is 12.3 Å². The molecule has 3 rings (SSSR count). The largest absolute Gasteiger partial charge is 0.393 e. The molecule has 0 saturated heterocycles. The minimum atomic E-state index is -2.69. The minimum absolute atomic E-state index is 0.183. The number of nitrogens with zero attached hydrogens (tertiary/aromatic N) is 3. The van der Waals surface area contributed by atoms with Crippen LogP contribution in [-0.4, -0.2) is 32.5 Å². The summed E-state index contributed by atoms with van der Waals surface area (Å²) in [6.45, 7) is -1.93. The zero-order valence-corrected chi connectivity index (χ0v) is 14.8. The van der Waals surface area contributed by atoms with E-state index in [1.807, 2.05) is 0 Å². The Hall–Kier alpha value is -2.17. The van der Waals surface area contributed by atoms with Crippen LogP contribution >= 0.6 is 11.6 Å². The van der Waals surface area contributed by atoms with E-state index in [0.29, 0.717) is 26.9 Å². The molecule has 138 valence electrons. The van der Waals surface area contributed by atoms with Crippen LogP contribution in [0.3, 0.4) is 0 Å². The number of hydrogen-bond donors (Lipinski definition) is 2. The van der Waals surface area contributed by atoms with Gasteiger partial charge in [0.25, 0.3) is 0 Å². The maximum Gasteiger partial charge on any atom is 0.333 e. The molecule has 2 heterocycles. The van der Waals surface area contributed by atoms with Crippen LogP contribution in [0, 0.1) is 17.8 Å². The molecular weight excluding hydrogens is 362 g/mol. The highest BCUT2D eigenvalue weighted by atomic mass is 35.5. The number of halogens is 3. The Bertz CT molecular complexity index is 807. The molecule has 1 aliphatic carbocycles. The van der Waals surface area contributed by atoms with Gasteiger partial charge >= 0.3 is 6.55 Å². The number of pyridine rings is 1. The van der Waals surface area contributed by atoms with Crippen LogP contribution in [0.1, 0.15) is 43.4 Å². The summed E-state index contributed by atoms with van der Waals surface area (Å²) in [5.41, 5.74) is 1.78. The Balaban J connectivity index is 1.70. The van der Waals surface area contributed by atoms with Crippen LogP contribution in [0.2, 0.25) is 5.15 Å². The van der Waals surface area contributed by atoms with Crippen molar-refractivity contribution in [3.05, 3.63) is 40.9 Å². The minimum Gasteiger partial charge on any atom is -0.393 e. The lowest BCUT2D eigenvalue weighted by Gasteiger charge is -2.26. The third-order valence-corrected chi connectivity index (χ3v) is 4.62. The van der Waals surface area contributed by atoms with Gasteiger partial charge in [-0.05, 0) is 37.7 Å². The molecule has 1 saturated carbocycles. The van der Waals surface area contributed by atoms with Crippen LogP contribution in [0.25, 0.3) is 0 Å². The van der Waals surface area contributed by atoms with Crippen molar-refractivity contribution in [2.24, 2.45) is 5.92 Å². The van der Waals surface area contributed by atoms with Crippen LogP contribution < -0.4 is 5.32 Å². The molecule has 0 bridgehead atoms. The highest BCUT2D eigenvalue weighted by Crippen LogP contribution is 2.25. The van der Waals surface area contributed by atoms with Gasteiger partial charge in [-0.15, -0.1) is 0 Å². The number of hydrogen-bond acceptors (Lipinski definition) is 4. The summed E-state index contributed by atoms with van der Waals surface area (Å²) in [4.78, 5) is 4.04. The lowest BCUT2D eigenvalue weighted by molar-refractivity contribution is 0.0566. The molecule has 0 radical (unpaired) electrons. The summed E-state index contributed by atoms with van der Waals surface area (Å²) in [6, 6.07) is 1.70. The average Bonchev–Trinajstić information content (AvgIpc) is 3.10. The fourth-order valence-corrected chi connectivity index (χ4v) is 3.09. The van der Waals surface area contributed by atoms with E-state index in [1.165, 1.54) is 12.4 Å². The molecule has 0 unspecified atom stereocenters. The Labute approximate surface area is 155 Å². The van der Waals surface area contributed by atoms with E-state index in [9.17, 15) is 13.9 Å². The van der Waals surface area contributed by atoms with E-state index in [0.717, 1.165) is 37.9 Å². The Kier molecular flexibility index (Phi) is 6.07. The van der Waals surface area contributed by atoms with E-state index in [-0.39, 0.29) is 6.10 Å². The van der Waals surface area contributed by atoms with Crippen molar-refractivity contribution in [1.82, 2.24) is 14.8 Å². The van der Waals surface area contributed by atoms with Crippen molar-refractivity contribution in [1.29, 1.82) is 0 Å². The van der Waals surface area contributed by atoms with Crippen molar-refractivity contribution < 1.29 is 13.9 Å². The molecule has 0 amide bonds. The standard InChI is InChI=1S/C18H19ClF2N4O/c19-17-7-16(22-8-12-2-5-15(26)6-3-12)14(10-23-17)4-1-13-9-24-25(11-13)18(20)21/h7,9-12,15,18,26H,2-3,5-6,8H2,(H,22,23). The number of aliphatic hydroxyl groups excluding tert-OH is 1. The third kappa shape index (κ3) is 4.93. The fraction of sp³-hybridized carbons (Fsp3) is 0.444. The van der Waals surface area contributed by atoms with Crippen molar-refractivity contribution >= 4 is 17.3 Å². The summed E-state index contributed by atoms with van der Waals surface area (Å²) >= 11 is 5.98. The molecule has 2 aromatic rings. The molecule has 26 heavy (non-hydrogen) atoms. The van der Waals surface area contributed by atoms with E-state index in [2.05, 4.69) is 27.2 Å². The second-order valence-electron chi connectivity index (χ2n) is 6.34. The molecule has 8 heteroatoms. The van der Waals surface area contributed by atoms with Gasteiger partial charge in [0.2, 0.25) is 0 Å². The molecule has 2 aromatic heterocycles. The SMILES string of the molecule is OC1CCC(CNc2cc(Cl)ncc2C#Cc2cnn(C(F)F)c2)CC1. The molecule has 0 aromatic carbocycles. The van der Waals surface area contributed by atoms with Gasteiger partial charge in [-0.2, -0.15) is 13.9 Å². The molecular formula is C18H19ClF2N4O. The fourth-order valence-electron chi connectivity index (χ4n) is 2.93. The summed E-state index contributed by atoms with van der Waals surface area (Å²) < 4.78 is 25.7. The number of aliphatic hydroxyl groups is 1. The van der Waals surface area contributed by atoms with E-state index < -0.39 is 6.55 Å². The lowest BCUT2D eigenvalue weighted by atomic mass is 9.87. The zero-order chi connectivity index (χ0) is 18.5. The highest BCUT2D eigenvalue weighted by molar-refractivity contribution is 6.29. The number of rotatable bonds is 4. The van der Waals surface area contributed by atoms with Crippen molar-refractivity contribution in [3.8, 4) is 11.8 Å². The first kappa shape index (κ1) is 18.6. The van der Waals surface area contributed by atoms with Crippen molar-refractivity contribution in [2.75, 3.05) is 11.9 Å². The monoisotopic (exact) mass is 380 g/mol.